The van der Waals surface area contributed by atoms with Gasteiger partial charge in [-0.25, -0.2) is 18.7 Å². The molecule has 0 spiro atoms. The third-order valence-electron chi connectivity index (χ3n) is 7.36. The van der Waals surface area contributed by atoms with Crippen LogP contribution < -0.4 is 16.4 Å². The molecule has 2 aliphatic carbocycles. The number of imidazole rings is 1. The van der Waals surface area contributed by atoms with Crippen molar-refractivity contribution in [2.24, 2.45) is 11.7 Å². The van der Waals surface area contributed by atoms with Crippen molar-refractivity contribution in [3.63, 3.8) is 0 Å². The van der Waals surface area contributed by atoms with Gasteiger partial charge in [-0.15, -0.1) is 0 Å². The molecule has 13 heteroatoms. The molecule has 2 aromatic heterocycles. The first-order chi connectivity index (χ1) is 18.1. The molecule has 3 aromatic rings. The van der Waals surface area contributed by atoms with Crippen molar-refractivity contribution >= 4 is 57.9 Å². The Morgan fingerprint density at radius 2 is 1.76 bits per heavy atom. The molecular weight excluding hydrogens is 537 g/mol. The number of nitrogens with one attached hydrogen (secondary N) is 2. The number of nitriles is 1. The van der Waals surface area contributed by atoms with E-state index in [0.717, 1.165) is 0 Å². The molecule has 0 unspecified atom stereocenters. The van der Waals surface area contributed by atoms with Gasteiger partial charge < -0.3 is 16.4 Å². The Morgan fingerprint density at radius 1 is 1.11 bits per heavy atom. The second kappa shape index (κ2) is 10.5. The zero-order valence-electron chi connectivity index (χ0n) is 20.4. The zero-order valence-corrected chi connectivity index (χ0v) is 21.9. The van der Waals surface area contributed by atoms with E-state index in [1.54, 1.807) is 6.20 Å². The maximum absolute atomic E-state index is 13.6. The van der Waals surface area contributed by atoms with Gasteiger partial charge in [-0.1, -0.05) is 23.2 Å². The van der Waals surface area contributed by atoms with Crippen LogP contribution in [0.15, 0.2) is 18.3 Å². The molecule has 200 valence electrons. The number of nitrogens with zero attached hydrogens (tertiary/aromatic N) is 5. The molecule has 1 amide bonds. The summed E-state index contributed by atoms with van der Waals surface area (Å²) >= 11 is 12.9. The maximum Gasteiger partial charge on any atom is 0.248 e. The molecule has 0 atom stereocenters. The number of benzene rings is 1. The fraction of sp³-hybridized carbons (Fsp3) is 0.480. The van der Waals surface area contributed by atoms with Gasteiger partial charge >= 0.3 is 0 Å². The van der Waals surface area contributed by atoms with Gasteiger partial charge in [0.05, 0.1) is 33.6 Å². The molecule has 9 nitrogen and oxygen atoms in total. The van der Waals surface area contributed by atoms with Crippen LogP contribution in [0.3, 0.4) is 0 Å². The third-order valence-corrected chi connectivity index (χ3v) is 7.95. The average molecular weight is 563 g/mol. The minimum absolute atomic E-state index is 0.0508. The minimum Gasteiger partial charge on any atom is -0.369 e. The van der Waals surface area contributed by atoms with Crippen LogP contribution in [0.1, 0.15) is 63.0 Å². The maximum atomic E-state index is 13.6. The van der Waals surface area contributed by atoms with Crippen LogP contribution in [0.4, 0.5) is 26.4 Å². The lowest BCUT2D eigenvalue weighted by molar-refractivity contribution is -0.122. The van der Waals surface area contributed by atoms with Crippen LogP contribution >= 0.6 is 23.2 Å². The number of fused-ring (bicyclic) bond motifs is 1. The molecule has 38 heavy (non-hydrogen) atoms. The Labute approximate surface area is 227 Å². The first-order valence-corrected chi connectivity index (χ1v) is 13.2. The number of primary amides is 1. The van der Waals surface area contributed by atoms with E-state index < -0.39 is 5.92 Å². The second-order valence-electron chi connectivity index (χ2n) is 9.94. The number of rotatable bonds is 6. The van der Waals surface area contributed by atoms with E-state index in [4.69, 9.17) is 38.9 Å². The molecular formula is C25H26Cl2F2N8O. The lowest BCUT2D eigenvalue weighted by atomic mass is 9.85. The number of hydrogen-bond acceptors (Lipinski definition) is 7. The van der Waals surface area contributed by atoms with E-state index in [-0.39, 0.29) is 46.8 Å². The summed E-state index contributed by atoms with van der Waals surface area (Å²) in [6.07, 6.45) is 4.50. The fourth-order valence-electron chi connectivity index (χ4n) is 5.25. The number of alkyl halides is 2. The van der Waals surface area contributed by atoms with E-state index in [1.165, 1.54) is 12.1 Å². The van der Waals surface area contributed by atoms with E-state index in [2.05, 4.69) is 15.6 Å². The molecule has 5 rings (SSSR count). The molecule has 4 N–H and O–H groups in total. The summed E-state index contributed by atoms with van der Waals surface area (Å²) in [4.78, 5) is 25.5. The van der Waals surface area contributed by atoms with Crippen molar-refractivity contribution < 1.29 is 13.6 Å². The SMILES string of the molecule is N#Cc1cc(Cl)c(Nc2nc3cnc(NC4CCC(F)(F)CC4)nc3n2C2CCC(C(N)=O)CC2)c(Cl)c1. The van der Waals surface area contributed by atoms with Crippen LogP contribution in [0, 0.1) is 17.2 Å². The third kappa shape index (κ3) is 5.47. The number of anilines is 3. The van der Waals surface area contributed by atoms with E-state index in [1.807, 2.05) is 10.6 Å². The Hall–Kier alpha value is -3.23. The van der Waals surface area contributed by atoms with E-state index in [9.17, 15) is 18.8 Å². The summed E-state index contributed by atoms with van der Waals surface area (Å²) < 4.78 is 29.1. The van der Waals surface area contributed by atoms with Gasteiger partial charge in [-0.05, 0) is 50.7 Å². The molecule has 0 aliphatic heterocycles. The topological polar surface area (TPSA) is 135 Å². The normalized spacial score (nSPS) is 21.7. The number of nitrogens with two attached hydrogens (primary N) is 1. The quantitative estimate of drug-likeness (QED) is 0.337. The van der Waals surface area contributed by atoms with Crippen molar-refractivity contribution in [2.75, 3.05) is 10.6 Å². The van der Waals surface area contributed by atoms with Crippen molar-refractivity contribution in [1.82, 2.24) is 19.5 Å². The average Bonchev–Trinajstić information content (AvgIpc) is 3.24. The van der Waals surface area contributed by atoms with Gasteiger partial charge in [0.15, 0.2) is 5.65 Å². The fourth-order valence-corrected chi connectivity index (χ4v) is 5.83. The van der Waals surface area contributed by atoms with Crippen molar-refractivity contribution in [3.8, 4) is 6.07 Å². The summed E-state index contributed by atoms with van der Waals surface area (Å²) in [7, 11) is 0. The summed E-state index contributed by atoms with van der Waals surface area (Å²) in [5.74, 6) is -2.35. The van der Waals surface area contributed by atoms with Gasteiger partial charge in [0.25, 0.3) is 0 Å². The smallest absolute Gasteiger partial charge is 0.248 e. The second-order valence-corrected chi connectivity index (χ2v) is 10.8. The highest BCUT2D eigenvalue weighted by molar-refractivity contribution is 6.39. The van der Waals surface area contributed by atoms with Crippen LogP contribution in [-0.2, 0) is 4.79 Å². The zero-order chi connectivity index (χ0) is 27.0. The number of carbonyl (C=O) groups is 1. The van der Waals surface area contributed by atoms with Gasteiger partial charge in [0.2, 0.25) is 23.7 Å². The van der Waals surface area contributed by atoms with Gasteiger partial charge in [-0.3, -0.25) is 9.36 Å². The molecule has 2 aliphatic rings. The molecule has 0 radical (unpaired) electrons. The molecule has 2 fully saturated rings. The largest absolute Gasteiger partial charge is 0.369 e. The highest BCUT2D eigenvalue weighted by Gasteiger charge is 2.35. The standard InChI is InChI=1S/C25H26Cl2F2N8O/c26-17-9-13(11-30)10-18(27)20(17)35-24-34-19-12-32-23(33-15-5-7-25(28,29)8-6-15)36-22(19)37(24)16-3-1-14(2-4-16)21(31)38/h9-10,12,14-16H,1-8H2,(H2,31,38)(H,34,35)(H,32,33,36). The Bertz CT molecular complexity index is 1380. The Kier molecular flexibility index (Phi) is 7.29. The summed E-state index contributed by atoms with van der Waals surface area (Å²) in [6.45, 7) is 0. The molecule has 0 saturated heterocycles. The summed E-state index contributed by atoms with van der Waals surface area (Å²) in [6, 6.07) is 4.84. The number of hydrogen-bond donors (Lipinski definition) is 3. The van der Waals surface area contributed by atoms with Crippen LogP contribution in [-0.4, -0.2) is 37.4 Å². The first-order valence-electron chi connectivity index (χ1n) is 12.5. The highest BCUT2D eigenvalue weighted by atomic mass is 35.5. The predicted octanol–water partition coefficient (Wildman–Crippen LogP) is 5.95. The number of amides is 1. The predicted molar refractivity (Wildman–Crippen MR) is 141 cm³/mol. The number of carbonyl (C=O) groups excluding carboxylic acids is 1. The number of aromatic nitrogens is 4. The van der Waals surface area contributed by atoms with Gasteiger partial charge in [0, 0.05) is 30.8 Å². The Balaban J connectivity index is 1.50. The van der Waals surface area contributed by atoms with Gasteiger partial charge in [0.1, 0.15) is 5.52 Å². The van der Waals surface area contributed by atoms with Crippen molar-refractivity contribution in [3.05, 3.63) is 33.9 Å². The lowest BCUT2D eigenvalue weighted by Gasteiger charge is -2.29. The van der Waals surface area contributed by atoms with Crippen LogP contribution in [0.2, 0.25) is 10.0 Å². The van der Waals surface area contributed by atoms with Crippen LogP contribution in [0.5, 0.6) is 0 Å². The minimum atomic E-state index is -2.63. The molecule has 2 saturated carbocycles. The Morgan fingerprint density at radius 3 is 2.37 bits per heavy atom. The van der Waals surface area contributed by atoms with E-state index in [0.29, 0.717) is 72.8 Å². The lowest BCUT2D eigenvalue weighted by Crippen LogP contribution is -2.32. The van der Waals surface area contributed by atoms with Crippen molar-refractivity contribution in [1.29, 1.82) is 5.26 Å². The van der Waals surface area contributed by atoms with Crippen LogP contribution in [0.25, 0.3) is 11.2 Å². The molecule has 0 bridgehead atoms. The summed E-state index contributed by atoms with van der Waals surface area (Å²) in [5, 5.41) is 16.1. The first kappa shape index (κ1) is 26.4. The monoisotopic (exact) mass is 562 g/mol. The number of halogens is 4. The summed E-state index contributed by atoms with van der Waals surface area (Å²) in [5.41, 5.74) is 7.33. The highest BCUT2D eigenvalue weighted by Crippen LogP contribution is 2.40. The van der Waals surface area contributed by atoms with E-state index >= 15 is 0 Å². The molecule has 2 heterocycles. The molecule has 1 aromatic carbocycles. The van der Waals surface area contributed by atoms with Crippen molar-refractivity contribution in [2.45, 2.75) is 69.4 Å². The van der Waals surface area contributed by atoms with Gasteiger partial charge in [-0.2, -0.15) is 10.2 Å².